The van der Waals surface area contributed by atoms with Gasteiger partial charge in [0.2, 0.25) is 0 Å². The van der Waals surface area contributed by atoms with Gasteiger partial charge in [-0.1, -0.05) is 12.1 Å². The fourth-order valence-electron chi connectivity index (χ4n) is 1.54. The van der Waals surface area contributed by atoms with Crippen molar-refractivity contribution in [1.29, 1.82) is 0 Å². The topological polar surface area (TPSA) is 48.1 Å². The van der Waals surface area contributed by atoms with E-state index in [4.69, 9.17) is 10.5 Å². The van der Waals surface area contributed by atoms with Gasteiger partial charge in [-0.25, -0.2) is 4.98 Å². The molecule has 7 heteroatoms. The van der Waals surface area contributed by atoms with E-state index in [-0.39, 0.29) is 0 Å². The number of rotatable bonds is 3. The Labute approximate surface area is 111 Å². The SMILES string of the molecule is COc1ccc(C(N)c2cnc(C(F)(F)F)s2)cc1. The van der Waals surface area contributed by atoms with Crippen molar-refractivity contribution in [3.8, 4) is 5.75 Å². The van der Waals surface area contributed by atoms with E-state index in [2.05, 4.69) is 4.98 Å². The van der Waals surface area contributed by atoms with Gasteiger partial charge in [-0.3, -0.25) is 0 Å². The number of nitrogens with two attached hydrogens (primary N) is 1. The first-order valence-electron chi connectivity index (χ1n) is 5.34. The quantitative estimate of drug-likeness (QED) is 0.943. The van der Waals surface area contributed by atoms with E-state index in [1.165, 1.54) is 13.3 Å². The molecule has 2 rings (SSSR count). The van der Waals surface area contributed by atoms with Crippen LogP contribution in [-0.2, 0) is 6.18 Å². The van der Waals surface area contributed by atoms with Crippen LogP contribution < -0.4 is 10.5 Å². The summed E-state index contributed by atoms with van der Waals surface area (Å²) in [6.45, 7) is 0. The van der Waals surface area contributed by atoms with Crippen molar-refractivity contribution in [2.24, 2.45) is 5.73 Å². The molecule has 2 N–H and O–H groups in total. The number of thiazole rings is 1. The molecule has 1 atom stereocenters. The van der Waals surface area contributed by atoms with Crippen LogP contribution in [0.3, 0.4) is 0 Å². The minimum atomic E-state index is -4.43. The van der Waals surface area contributed by atoms with Gasteiger partial charge in [-0.15, -0.1) is 11.3 Å². The summed E-state index contributed by atoms with van der Waals surface area (Å²) in [5.74, 6) is 0.663. The van der Waals surface area contributed by atoms with Gasteiger partial charge < -0.3 is 10.5 Å². The normalized spacial score (nSPS) is 13.3. The van der Waals surface area contributed by atoms with Gasteiger partial charge in [0, 0.05) is 11.1 Å². The molecule has 0 spiro atoms. The van der Waals surface area contributed by atoms with Gasteiger partial charge in [0.05, 0.1) is 13.2 Å². The Bertz CT molecular complexity index is 551. The van der Waals surface area contributed by atoms with Crippen molar-refractivity contribution in [2.75, 3.05) is 7.11 Å². The molecule has 19 heavy (non-hydrogen) atoms. The van der Waals surface area contributed by atoms with Crippen molar-refractivity contribution in [1.82, 2.24) is 4.98 Å². The number of ether oxygens (including phenoxy) is 1. The van der Waals surface area contributed by atoms with Crippen molar-refractivity contribution < 1.29 is 17.9 Å². The maximum Gasteiger partial charge on any atom is 0.443 e. The van der Waals surface area contributed by atoms with Gasteiger partial charge in [0.25, 0.3) is 0 Å². The molecule has 0 aliphatic carbocycles. The predicted molar refractivity (Wildman–Crippen MR) is 66.1 cm³/mol. The molecule has 2 aromatic rings. The third kappa shape index (κ3) is 3.05. The summed E-state index contributed by atoms with van der Waals surface area (Å²) in [7, 11) is 1.54. The second-order valence-corrected chi connectivity index (χ2v) is 4.88. The van der Waals surface area contributed by atoms with E-state index in [1.54, 1.807) is 24.3 Å². The third-order valence-corrected chi connectivity index (χ3v) is 3.67. The van der Waals surface area contributed by atoms with Crippen molar-refractivity contribution in [3.05, 3.63) is 45.9 Å². The zero-order valence-corrected chi connectivity index (χ0v) is 10.8. The summed E-state index contributed by atoms with van der Waals surface area (Å²) in [6, 6.07) is 6.23. The lowest BCUT2D eigenvalue weighted by atomic mass is 10.1. The number of halogens is 3. The molecule has 0 bridgehead atoms. The number of benzene rings is 1. The van der Waals surface area contributed by atoms with Crippen LogP contribution in [0.2, 0.25) is 0 Å². The predicted octanol–water partition coefficient (Wildman–Crippen LogP) is 3.22. The molecule has 1 unspecified atom stereocenters. The average molecular weight is 288 g/mol. The Kier molecular flexibility index (Phi) is 3.77. The fourth-order valence-corrected chi connectivity index (χ4v) is 2.35. The largest absolute Gasteiger partial charge is 0.497 e. The van der Waals surface area contributed by atoms with Gasteiger partial charge in [-0.2, -0.15) is 13.2 Å². The van der Waals surface area contributed by atoms with Crippen molar-refractivity contribution in [2.45, 2.75) is 12.2 Å². The fraction of sp³-hybridized carbons (Fsp3) is 0.250. The second-order valence-electron chi connectivity index (χ2n) is 3.82. The Hall–Kier alpha value is -1.60. The summed E-state index contributed by atoms with van der Waals surface area (Å²) in [5, 5.41) is -0.883. The van der Waals surface area contributed by atoms with Crippen LogP contribution in [0, 0.1) is 0 Å². The zero-order valence-electron chi connectivity index (χ0n) is 9.94. The molecule has 102 valence electrons. The molecule has 0 radical (unpaired) electrons. The van der Waals surface area contributed by atoms with E-state index in [0.29, 0.717) is 27.5 Å². The number of hydrogen-bond donors (Lipinski definition) is 1. The monoisotopic (exact) mass is 288 g/mol. The summed E-state index contributed by atoms with van der Waals surface area (Å²) in [6.07, 6.45) is -3.26. The molecule has 0 saturated carbocycles. The van der Waals surface area contributed by atoms with Gasteiger partial charge >= 0.3 is 6.18 Å². The van der Waals surface area contributed by atoms with Gasteiger partial charge in [-0.05, 0) is 17.7 Å². The minimum Gasteiger partial charge on any atom is -0.497 e. The lowest BCUT2D eigenvalue weighted by molar-refractivity contribution is -0.137. The summed E-state index contributed by atoms with van der Waals surface area (Å²) >= 11 is 0.560. The Morgan fingerprint density at radius 1 is 1.26 bits per heavy atom. The van der Waals surface area contributed by atoms with Gasteiger partial charge in [0.1, 0.15) is 5.75 Å². The van der Waals surface area contributed by atoms with E-state index in [0.717, 1.165) is 0 Å². The molecule has 0 aliphatic rings. The summed E-state index contributed by atoms with van der Waals surface area (Å²) in [4.78, 5) is 3.73. The second kappa shape index (κ2) is 5.18. The molecular formula is C12H11F3N2OS. The first kappa shape index (κ1) is 13.8. The highest BCUT2D eigenvalue weighted by Gasteiger charge is 2.35. The highest BCUT2D eigenvalue weighted by atomic mass is 32.1. The van der Waals surface area contributed by atoms with Crippen LogP contribution in [-0.4, -0.2) is 12.1 Å². The zero-order chi connectivity index (χ0) is 14.0. The maximum absolute atomic E-state index is 12.5. The van der Waals surface area contributed by atoms with Crippen LogP contribution in [0.15, 0.2) is 30.5 Å². The molecule has 1 heterocycles. The average Bonchev–Trinajstić information content (AvgIpc) is 2.87. The van der Waals surface area contributed by atoms with E-state index < -0.39 is 17.2 Å². The van der Waals surface area contributed by atoms with Crippen LogP contribution in [0.5, 0.6) is 5.75 Å². The molecule has 1 aromatic carbocycles. The van der Waals surface area contributed by atoms with E-state index >= 15 is 0 Å². The molecule has 0 saturated heterocycles. The number of aromatic nitrogens is 1. The number of alkyl halides is 3. The van der Waals surface area contributed by atoms with Crippen LogP contribution in [0.4, 0.5) is 13.2 Å². The maximum atomic E-state index is 12.5. The van der Waals surface area contributed by atoms with E-state index in [9.17, 15) is 13.2 Å². The van der Waals surface area contributed by atoms with Gasteiger partial charge in [0.15, 0.2) is 5.01 Å². The van der Waals surface area contributed by atoms with Crippen molar-refractivity contribution in [3.63, 3.8) is 0 Å². The Morgan fingerprint density at radius 2 is 1.89 bits per heavy atom. The first-order valence-corrected chi connectivity index (χ1v) is 6.16. The highest BCUT2D eigenvalue weighted by Crippen LogP contribution is 2.35. The smallest absolute Gasteiger partial charge is 0.443 e. The summed E-state index contributed by atoms with van der Waals surface area (Å²) in [5.41, 5.74) is 6.63. The van der Waals surface area contributed by atoms with Crippen LogP contribution in [0.25, 0.3) is 0 Å². The third-order valence-electron chi connectivity index (χ3n) is 2.55. The highest BCUT2D eigenvalue weighted by molar-refractivity contribution is 7.11. The molecule has 0 amide bonds. The molecular weight excluding hydrogens is 277 g/mol. The number of nitrogens with zero attached hydrogens (tertiary/aromatic N) is 1. The van der Waals surface area contributed by atoms with Crippen LogP contribution >= 0.6 is 11.3 Å². The van der Waals surface area contributed by atoms with Crippen molar-refractivity contribution >= 4 is 11.3 Å². The molecule has 3 nitrogen and oxygen atoms in total. The molecule has 0 fully saturated rings. The minimum absolute atomic E-state index is 0.373. The lowest BCUT2D eigenvalue weighted by Gasteiger charge is -2.10. The van der Waals surface area contributed by atoms with E-state index in [1.807, 2.05) is 0 Å². The lowest BCUT2D eigenvalue weighted by Crippen LogP contribution is -2.10. The first-order chi connectivity index (χ1) is 8.91. The standard InChI is InChI=1S/C12H11F3N2OS/c1-18-8-4-2-7(3-5-8)10(16)9-6-17-11(19-9)12(13,14)15/h2-6,10H,16H2,1H3. The molecule has 0 aliphatic heterocycles. The molecule has 1 aromatic heterocycles. The Balaban J connectivity index is 2.23. The number of hydrogen-bond acceptors (Lipinski definition) is 4. The summed E-state index contributed by atoms with van der Waals surface area (Å²) < 4.78 is 42.4. The Morgan fingerprint density at radius 3 is 2.37 bits per heavy atom. The van der Waals surface area contributed by atoms with Crippen LogP contribution in [0.1, 0.15) is 21.5 Å². The number of methoxy groups -OCH3 is 1.